The van der Waals surface area contributed by atoms with Crippen LogP contribution in [0.5, 0.6) is 0 Å². The average Bonchev–Trinajstić information content (AvgIpc) is 3.70. The molecule has 0 aromatic heterocycles. The molecule has 2 rings (SSSR count). The number of nitrogens with one attached hydrogen (secondary N) is 1. The fourth-order valence-corrected chi connectivity index (χ4v) is 10.6. The quantitative estimate of drug-likeness (QED) is 0.0204. The van der Waals surface area contributed by atoms with E-state index in [0.29, 0.717) is 12.8 Å². The third kappa shape index (κ3) is 39.5. The molecule has 14 nitrogen and oxygen atoms in total. The van der Waals surface area contributed by atoms with E-state index in [-0.39, 0.29) is 18.9 Å². The number of unbranched alkanes of at least 4 members (excludes halogenated alkanes) is 27. The summed E-state index contributed by atoms with van der Waals surface area (Å²) in [6.45, 7) is 2.67. The Kier molecular flexibility index (Phi) is 50.5. The smallest absolute Gasteiger partial charge is 0.220 e. The van der Waals surface area contributed by atoms with Gasteiger partial charge in [-0.15, -0.1) is 0 Å². The van der Waals surface area contributed by atoms with Crippen LogP contribution in [0.25, 0.3) is 0 Å². The zero-order valence-electron chi connectivity index (χ0n) is 53.1. The Labute approximate surface area is 515 Å². The summed E-state index contributed by atoms with van der Waals surface area (Å²) in [5.41, 5.74) is 0. The van der Waals surface area contributed by atoms with Crippen molar-refractivity contribution in [2.75, 3.05) is 19.8 Å². The number of amides is 1. The zero-order valence-corrected chi connectivity index (χ0v) is 53.1. The van der Waals surface area contributed by atoms with E-state index in [2.05, 4.69) is 104 Å². The average molecular weight is 1200 g/mol. The van der Waals surface area contributed by atoms with Crippen LogP contribution in [0, 0.1) is 0 Å². The van der Waals surface area contributed by atoms with Gasteiger partial charge in [-0.1, -0.05) is 259 Å². The van der Waals surface area contributed by atoms with Gasteiger partial charge in [0.25, 0.3) is 0 Å². The highest BCUT2D eigenvalue weighted by molar-refractivity contribution is 5.76. The Morgan fingerprint density at radius 2 is 0.824 bits per heavy atom. The van der Waals surface area contributed by atoms with Crippen LogP contribution in [-0.4, -0.2) is 140 Å². The number of carbonyl (C=O) groups is 1. The van der Waals surface area contributed by atoms with Crippen LogP contribution >= 0.6 is 0 Å². The Morgan fingerprint density at radius 3 is 1.29 bits per heavy atom. The van der Waals surface area contributed by atoms with Gasteiger partial charge in [0.05, 0.1) is 32.0 Å². The molecule has 0 aromatic carbocycles. The molecule has 0 saturated carbocycles. The molecule has 0 aliphatic carbocycles. The molecule has 85 heavy (non-hydrogen) atoms. The number of hydrogen-bond acceptors (Lipinski definition) is 13. The van der Waals surface area contributed by atoms with Crippen molar-refractivity contribution in [1.29, 1.82) is 0 Å². The number of aliphatic hydroxyl groups is 8. The highest BCUT2D eigenvalue weighted by Crippen LogP contribution is 2.30. The fraction of sp³-hybridized carbons (Fsp3) is 0.761. The van der Waals surface area contributed by atoms with E-state index >= 15 is 0 Å². The highest BCUT2D eigenvalue weighted by Gasteiger charge is 2.51. The SMILES string of the molecule is CC/C=C\C/C=C\C/C=C\C/C=C\C/C=C\C/C=C\CCCCCCCCCCCCCCCCCCC(=O)NC(COC1OC(CO)C(OC2OC(CO)C(O)C(O)C2O)C(O)C1O)C(O)/C=C/CC/C=C/CCCCCCCCCCCC. The van der Waals surface area contributed by atoms with Crippen molar-refractivity contribution in [3.63, 3.8) is 0 Å². The summed E-state index contributed by atoms with van der Waals surface area (Å²) in [7, 11) is 0. The Bertz CT molecular complexity index is 1800. The molecule has 2 saturated heterocycles. The van der Waals surface area contributed by atoms with E-state index in [0.717, 1.165) is 70.6 Å². The monoisotopic (exact) mass is 1200 g/mol. The number of carbonyl (C=O) groups excluding carboxylic acids is 1. The molecule has 2 aliphatic rings. The predicted molar refractivity (Wildman–Crippen MR) is 346 cm³/mol. The van der Waals surface area contributed by atoms with Gasteiger partial charge in [-0.3, -0.25) is 4.79 Å². The van der Waals surface area contributed by atoms with E-state index in [1.54, 1.807) is 6.08 Å². The van der Waals surface area contributed by atoms with Gasteiger partial charge in [-0.2, -0.15) is 0 Å². The Hall–Kier alpha value is -3.09. The van der Waals surface area contributed by atoms with Crippen molar-refractivity contribution in [3.05, 3.63) is 97.2 Å². The molecule has 0 aromatic rings. The molecule has 0 bridgehead atoms. The lowest BCUT2D eigenvalue weighted by Gasteiger charge is -2.46. The number of allylic oxidation sites excluding steroid dienone is 15. The molecule has 1 amide bonds. The minimum absolute atomic E-state index is 0.251. The topological polar surface area (TPSA) is 228 Å². The second kappa shape index (κ2) is 55.0. The third-order valence-corrected chi connectivity index (χ3v) is 16.0. The number of hydrogen-bond donors (Lipinski definition) is 9. The molecule has 0 radical (unpaired) electrons. The second-order valence-electron chi connectivity index (χ2n) is 23.6. The molecule has 9 N–H and O–H groups in total. The molecule has 2 heterocycles. The predicted octanol–water partition coefficient (Wildman–Crippen LogP) is 13.4. The molecule has 0 spiro atoms. The van der Waals surface area contributed by atoms with E-state index in [4.69, 9.17) is 18.9 Å². The van der Waals surface area contributed by atoms with Crippen molar-refractivity contribution < 1.29 is 64.6 Å². The van der Waals surface area contributed by atoms with Crippen LogP contribution in [0.15, 0.2) is 97.2 Å². The first-order chi connectivity index (χ1) is 41.6. The van der Waals surface area contributed by atoms with Crippen molar-refractivity contribution >= 4 is 5.91 Å². The van der Waals surface area contributed by atoms with Gasteiger partial charge in [0.2, 0.25) is 5.91 Å². The molecule has 2 fully saturated rings. The lowest BCUT2D eigenvalue weighted by molar-refractivity contribution is -0.359. The largest absolute Gasteiger partial charge is 0.394 e. The minimum atomic E-state index is -1.79. The maximum Gasteiger partial charge on any atom is 0.220 e. The Morgan fingerprint density at radius 1 is 0.435 bits per heavy atom. The number of aliphatic hydroxyl groups excluding tert-OH is 8. The van der Waals surface area contributed by atoms with E-state index in [1.807, 2.05) is 6.08 Å². The summed E-state index contributed by atoms with van der Waals surface area (Å²) >= 11 is 0. The summed E-state index contributed by atoms with van der Waals surface area (Å²) in [5.74, 6) is -0.251. The van der Waals surface area contributed by atoms with Gasteiger partial charge in [0, 0.05) is 6.42 Å². The fourth-order valence-electron chi connectivity index (χ4n) is 10.6. The molecule has 14 heteroatoms. The van der Waals surface area contributed by atoms with Crippen LogP contribution in [0.2, 0.25) is 0 Å². The van der Waals surface area contributed by atoms with Crippen LogP contribution in [-0.2, 0) is 23.7 Å². The summed E-state index contributed by atoms with van der Waals surface area (Å²) in [4.78, 5) is 13.3. The van der Waals surface area contributed by atoms with E-state index < -0.39 is 86.8 Å². The highest BCUT2D eigenvalue weighted by atomic mass is 16.7. The first-order valence-electron chi connectivity index (χ1n) is 34.0. The summed E-state index contributed by atoms with van der Waals surface area (Å²) in [6, 6.07) is -0.936. The van der Waals surface area contributed by atoms with Crippen LogP contribution in [0.4, 0.5) is 0 Å². The van der Waals surface area contributed by atoms with Gasteiger partial charge in [-0.05, 0) is 83.5 Å². The molecule has 2 aliphatic heterocycles. The molecule has 12 unspecified atom stereocenters. The van der Waals surface area contributed by atoms with Gasteiger partial charge in [-0.25, -0.2) is 0 Å². The normalized spacial score (nSPS) is 24.2. The Balaban J connectivity index is 1.64. The third-order valence-electron chi connectivity index (χ3n) is 16.0. The van der Waals surface area contributed by atoms with E-state index in [9.17, 15) is 45.6 Å². The van der Waals surface area contributed by atoms with Gasteiger partial charge in [0.1, 0.15) is 48.8 Å². The zero-order chi connectivity index (χ0) is 61.6. The van der Waals surface area contributed by atoms with Crippen LogP contribution in [0.1, 0.15) is 251 Å². The van der Waals surface area contributed by atoms with Crippen LogP contribution < -0.4 is 5.32 Å². The van der Waals surface area contributed by atoms with Crippen molar-refractivity contribution in [1.82, 2.24) is 5.32 Å². The lowest BCUT2D eigenvalue weighted by Crippen LogP contribution is -2.65. The second-order valence-corrected chi connectivity index (χ2v) is 23.6. The lowest BCUT2D eigenvalue weighted by atomic mass is 9.97. The van der Waals surface area contributed by atoms with Crippen LogP contribution in [0.3, 0.4) is 0 Å². The number of rotatable bonds is 54. The van der Waals surface area contributed by atoms with E-state index in [1.165, 1.54) is 148 Å². The van der Waals surface area contributed by atoms with Crippen molar-refractivity contribution in [2.24, 2.45) is 0 Å². The summed E-state index contributed by atoms with van der Waals surface area (Å²) in [6.07, 6.45) is 60.3. The summed E-state index contributed by atoms with van der Waals surface area (Å²) in [5, 5.41) is 87.2. The first-order valence-corrected chi connectivity index (χ1v) is 34.0. The van der Waals surface area contributed by atoms with Gasteiger partial charge < -0.3 is 65.1 Å². The molecular formula is C71H123NO13. The maximum absolute atomic E-state index is 13.3. The molecular weight excluding hydrogens is 1070 g/mol. The molecule has 12 atom stereocenters. The maximum atomic E-state index is 13.3. The van der Waals surface area contributed by atoms with Crippen molar-refractivity contribution in [2.45, 2.75) is 325 Å². The number of ether oxygens (including phenoxy) is 4. The first kappa shape index (κ1) is 78.0. The van der Waals surface area contributed by atoms with Gasteiger partial charge in [0.15, 0.2) is 12.6 Å². The summed E-state index contributed by atoms with van der Waals surface area (Å²) < 4.78 is 22.8. The minimum Gasteiger partial charge on any atom is -0.394 e. The van der Waals surface area contributed by atoms with Crippen molar-refractivity contribution in [3.8, 4) is 0 Å². The standard InChI is InChI=1S/C71H123NO13/c1-3-5-7-9-11-13-15-17-19-21-22-23-24-25-26-27-28-29-30-31-32-33-34-35-36-37-38-39-41-43-45-47-49-51-53-55-63(76)72-59(60(75)54-52-50-48-46-44-42-40-20-18-16-14-12-10-8-6-4-2)58-82-70-68(81)66(79)69(62(57-74)84-70)85-71-67(80)65(78)64(77)61(56-73)83-71/h5,7,11,13,17,19,22-23,25-26,28-29,44,46,52,54,59-62,64-71,73-75,77-81H,3-4,6,8-10,12,14-16,18,20-21,24,27,30-43,45,47-51,53,55-58H2,1-2H3,(H,72,76)/b7-5-,13-11-,19-17-,23-22-,26-25-,29-28-,46-44+,54-52+. The molecule has 490 valence electrons. The van der Waals surface area contributed by atoms with Gasteiger partial charge >= 0.3 is 0 Å².